The van der Waals surface area contributed by atoms with Crippen LogP contribution in [0.2, 0.25) is 0 Å². The van der Waals surface area contributed by atoms with E-state index in [0.717, 1.165) is 16.2 Å². The second-order valence-electron chi connectivity index (χ2n) is 6.66. The number of amides is 1. The third-order valence-corrected chi connectivity index (χ3v) is 5.38. The van der Waals surface area contributed by atoms with Crippen molar-refractivity contribution in [3.8, 4) is 11.3 Å². The monoisotopic (exact) mass is 437 g/mol. The number of anilines is 2. The molecule has 0 unspecified atom stereocenters. The van der Waals surface area contributed by atoms with Crippen LogP contribution in [0.5, 0.6) is 0 Å². The number of fused-ring (bicyclic) bond motifs is 1. The summed E-state index contributed by atoms with van der Waals surface area (Å²) >= 11 is 1.56. The van der Waals surface area contributed by atoms with Crippen molar-refractivity contribution in [2.75, 3.05) is 30.9 Å². The lowest BCUT2D eigenvalue weighted by Crippen LogP contribution is -2.16. The number of carbonyl (C=O) groups excluding carboxylic acids is 1. The Morgan fingerprint density at radius 1 is 1.26 bits per heavy atom. The smallest absolute Gasteiger partial charge is 0.270 e. The van der Waals surface area contributed by atoms with Crippen LogP contribution in [0, 0.1) is 10.1 Å². The number of thiazole rings is 1. The van der Waals surface area contributed by atoms with Crippen LogP contribution < -0.4 is 10.6 Å². The molecule has 1 amide bonds. The van der Waals surface area contributed by atoms with Gasteiger partial charge in [-0.25, -0.2) is 4.98 Å². The van der Waals surface area contributed by atoms with Gasteiger partial charge in [0, 0.05) is 60.5 Å². The van der Waals surface area contributed by atoms with Crippen molar-refractivity contribution in [1.82, 2.24) is 9.38 Å². The molecule has 0 spiro atoms. The molecule has 4 rings (SSSR count). The Morgan fingerprint density at radius 3 is 2.77 bits per heavy atom. The van der Waals surface area contributed by atoms with Crippen LogP contribution in [-0.2, 0) is 4.74 Å². The minimum atomic E-state index is -0.528. The average molecular weight is 437 g/mol. The molecule has 10 heteroatoms. The molecule has 0 fully saturated rings. The van der Waals surface area contributed by atoms with E-state index in [1.807, 2.05) is 34.3 Å². The Kier molecular flexibility index (Phi) is 5.92. The standard InChI is InChI=1S/C21H19N5O4S/c1-30-10-8-22-18-7-6-16(26(28)29)12-17(18)20(27)23-15-4-2-14(3-5-15)19-13-25-9-11-31-21(25)24-19/h2-7,9,11-13,22H,8,10H2,1H3,(H,23,27). The number of non-ortho nitro benzene ring substituents is 1. The van der Waals surface area contributed by atoms with Crippen LogP contribution in [0.4, 0.5) is 17.1 Å². The van der Waals surface area contributed by atoms with Crippen LogP contribution in [0.25, 0.3) is 16.2 Å². The van der Waals surface area contributed by atoms with Gasteiger partial charge in [0.1, 0.15) is 0 Å². The molecule has 2 aromatic heterocycles. The number of nitrogens with one attached hydrogen (secondary N) is 2. The Hall–Kier alpha value is -3.76. The molecule has 0 radical (unpaired) electrons. The maximum absolute atomic E-state index is 12.9. The van der Waals surface area contributed by atoms with Crippen molar-refractivity contribution in [1.29, 1.82) is 0 Å². The fourth-order valence-corrected chi connectivity index (χ4v) is 3.76. The molecule has 0 aliphatic heterocycles. The van der Waals surface area contributed by atoms with E-state index in [1.54, 1.807) is 30.6 Å². The van der Waals surface area contributed by atoms with Gasteiger partial charge in [-0.2, -0.15) is 0 Å². The van der Waals surface area contributed by atoms with E-state index >= 15 is 0 Å². The molecule has 2 N–H and O–H groups in total. The zero-order chi connectivity index (χ0) is 21.8. The van der Waals surface area contributed by atoms with Crippen LogP contribution in [0.3, 0.4) is 0 Å². The summed E-state index contributed by atoms with van der Waals surface area (Å²) in [5.74, 6) is -0.445. The fourth-order valence-electron chi connectivity index (χ4n) is 3.06. The molecule has 9 nitrogen and oxygen atoms in total. The highest BCUT2D eigenvalue weighted by molar-refractivity contribution is 7.15. The topological polar surface area (TPSA) is 111 Å². The maximum Gasteiger partial charge on any atom is 0.270 e. The highest BCUT2D eigenvalue weighted by Gasteiger charge is 2.17. The normalized spacial score (nSPS) is 10.9. The Bertz CT molecular complexity index is 1200. The van der Waals surface area contributed by atoms with E-state index in [-0.39, 0.29) is 11.3 Å². The quantitative estimate of drug-likeness (QED) is 0.242. The molecule has 2 heterocycles. The molecule has 2 aromatic carbocycles. The largest absolute Gasteiger partial charge is 0.383 e. The molecule has 31 heavy (non-hydrogen) atoms. The number of carbonyl (C=O) groups is 1. The van der Waals surface area contributed by atoms with Gasteiger partial charge in [-0.15, -0.1) is 11.3 Å². The number of nitro benzene ring substituents is 1. The predicted molar refractivity (Wildman–Crippen MR) is 120 cm³/mol. The van der Waals surface area contributed by atoms with Gasteiger partial charge >= 0.3 is 0 Å². The molecular weight excluding hydrogens is 418 g/mol. The molecule has 158 valence electrons. The number of nitro groups is 1. The number of imidazole rings is 1. The Labute approximate surface area is 181 Å². The van der Waals surface area contributed by atoms with Gasteiger partial charge in [-0.1, -0.05) is 12.1 Å². The summed E-state index contributed by atoms with van der Waals surface area (Å²) in [5.41, 5.74) is 2.86. The van der Waals surface area contributed by atoms with E-state index < -0.39 is 10.8 Å². The van der Waals surface area contributed by atoms with Gasteiger partial charge in [0.25, 0.3) is 11.6 Å². The number of nitrogens with zero attached hydrogens (tertiary/aromatic N) is 3. The summed E-state index contributed by atoms with van der Waals surface area (Å²) in [6.07, 6.45) is 3.89. The lowest BCUT2D eigenvalue weighted by Gasteiger charge is -2.12. The minimum Gasteiger partial charge on any atom is -0.383 e. The van der Waals surface area contributed by atoms with Crippen molar-refractivity contribution in [2.45, 2.75) is 0 Å². The van der Waals surface area contributed by atoms with E-state index in [9.17, 15) is 14.9 Å². The SMILES string of the molecule is COCCNc1ccc([N+](=O)[O-])cc1C(=O)Nc1ccc(-c2cn3ccsc3n2)cc1. The number of methoxy groups -OCH3 is 1. The van der Waals surface area contributed by atoms with Gasteiger partial charge in [0.05, 0.1) is 22.8 Å². The molecule has 4 aromatic rings. The van der Waals surface area contributed by atoms with Crippen molar-refractivity contribution in [2.24, 2.45) is 0 Å². The molecule has 0 saturated heterocycles. The van der Waals surface area contributed by atoms with Crippen molar-refractivity contribution >= 4 is 39.3 Å². The maximum atomic E-state index is 12.9. The number of ether oxygens (including phenoxy) is 1. The number of hydrogen-bond donors (Lipinski definition) is 2. The second-order valence-corrected chi connectivity index (χ2v) is 7.53. The number of hydrogen-bond acceptors (Lipinski definition) is 7. The third-order valence-electron chi connectivity index (χ3n) is 4.61. The van der Waals surface area contributed by atoms with Crippen LogP contribution in [-0.4, -0.2) is 40.5 Å². The van der Waals surface area contributed by atoms with E-state index in [4.69, 9.17) is 4.74 Å². The summed E-state index contributed by atoms with van der Waals surface area (Å²) in [6.45, 7) is 0.899. The first-order valence-electron chi connectivity index (χ1n) is 9.40. The summed E-state index contributed by atoms with van der Waals surface area (Å²) in [5, 5.41) is 19.0. The highest BCUT2D eigenvalue weighted by atomic mass is 32.1. The van der Waals surface area contributed by atoms with Gasteiger partial charge in [-0.05, 0) is 18.2 Å². The van der Waals surface area contributed by atoms with E-state index in [1.165, 1.54) is 18.2 Å². The molecule has 0 saturated carbocycles. The lowest BCUT2D eigenvalue weighted by atomic mass is 10.1. The summed E-state index contributed by atoms with van der Waals surface area (Å²) < 4.78 is 6.96. The average Bonchev–Trinajstić information content (AvgIpc) is 3.37. The highest BCUT2D eigenvalue weighted by Crippen LogP contribution is 2.25. The molecule has 0 aliphatic carbocycles. The number of benzene rings is 2. The fraction of sp³-hybridized carbons (Fsp3) is 0.143. The Morgan fingerprint density at radius 2 is 2.06 bits per heavy atom. The molecule has 0 atom stereocenters. The zero-order valence-electron chi connectivity index (χ0n) is 16.6. The third kappa shape index (κ3) is 4.55. The lowest BCUT2D eigenvalue weighted by molar-refractivity contribution is -0.384. The summed E-state index contributed by atoms with van der Waals surface area (Å²) in [4.78, 5) is 29.0. The van der Waals surface area contributed by atoms with Crippen LogP contribution >= 0.6 is 11.3 Å². The first kappa shape index (κ1) is 20.5. The Balaban J connectivity index is 1.53. The summed E-state index contributed by atoms with van der Waals surface area (Å²) in [6, 6.07) is 11.4. The molecule has 0 bridgehead atoms. The van der Waals surface area contributed by atoms with Gasteiger partial charge in [0.2, 0.25) is 0 Å². The number of rotatable bonds is 8. The zero-order valence-corrected chi connectivity index (χ0v) is 17.4. The van der Waals surface area contributed by atoms with Gasteiger partial charge < -0.3 is 15.4 Å². The van der Waals surface area contributed by atoms with E-state index in [2.05, 4.69) is 15.6 Å². The first-order chi connectivity index (χ1) is 15.0. The molecule has 0 aliphatic rings. The van der Waals surface area contributed by atoms with Crippen molar-refractivity contribution in [3.63, 3.8) is 0 Å². The van der Waals surface area contributed by atoms with Gasteiger partial charge in [0.15, 0.2) is 4.96 Å². The van der Waals surface area contributed by atoms with Crippen LogP contribution in [0.1, 0.15) is 10.4 Å². The van der Waals surface area contributed by atoms with Gasteiger partial charge in [-0.3, -0.25) is 19.3 Å². The van der Waals surface area contributed by atoms with Crippen molar-refractivity contribution in [3.05, 3.63) is 75.9 Å². The second kappa shape index (κ2) is 8.94. The summed E-state index contributed by atoms with van der Waals surface area (Å²) in [7, 11) is 1.57. The minimum absolute atomic E-state index is 0.155. The predicted octanol–water partition coefficient (Wildman–Crippen LogP) is 4.28. The van der Waals surface area contributed by atoms with Crippen molar-refractivity contribution < 1.29 is 14.5 Å². The van der Waals surface area contributed by atoms with Crippen LogP contribution in [0.15, 0.2) is 60.2 Å². The molecular formula is C21H19N5O4S. The number of aromatic nitrogens is 2. The first-order valence-corrected chi connectivity index (χ1v) is 10.3. The van der Waals surface area contributed by atoms with E-state index in [0.29, 0.717) is 24.5 Å².